The van der Waals surface area contributed by atoms with Crippen LogP contribution in [0.5, 0.6) is 0 Å². The molecule has 2 rings (SSSR count). The molecule has 0 aliphatic heterocycles. The number of allylic oxidation sites excluding steroid dienone is 1. The van der Waals surface area contributed by atoms with Gasteiger partial charge in [0.15, 0.2) is 0 Å². The highest BCUT2D eigenvalue weighted by Crippen LogP contribution is 2.22. The third kappa shape index (κ3) is 5.22. The van der Waals surface area contributed by atoms with Crippen molar-refractivity contribution in [3.8, 4) is 0 Å². The third-order valence-electron chi connectivity index (χ3n) is 4.07. The lowest BCUT2D eigenvalue weighted by Gasteiger charge is -2.17. The molecule has 0 aliphatic carbocycles. The Hall–Kier alpha value is -3.09. The maximum atomic E-state index is 13.6. The normalized spacial score (nSPS) is 12.3. The molecule has 0 spiro atoms. The van der Waals surface area contributed by atoms with Gasteiger partial charge >= 0.3 is 0 Å². The fraction of sp³-hybridized carbons (Fsp3) is 0.333. The zero-order chi connectivity index (χ0) is 20.8. The number of ether oxygens (including phenoxy) is 1. The van der Waals surface area contributed by atoms with E-state index in [9.17, 15) is 9.18 Å². The molecule has 1 aromatic carbocycles. The summed E-state index contributed by atoms with van der Waals surface area (Å²) in [6, 6.07) is 5.68. The molecule has 0 saturated carbocycles. The Morgan fingerprint density at radius 1 is 1.29 bits per heavy atom. The van der Waals surface area contributed by atoms with Crippen LogP contribution in [0.4, 0.5) is 4.39 Å². The lowest BCUT2D eigenvalue weighted by molar-refractivity contribution is 0.0944. The van der Waals surface area contributed by atoms with E-state index in [1.165, 1.54) is 25.4 Å². The summed E-state index contributed by atoms with van der Waals surface area (Å²) in [6.45, 7) is 9.05. The number of aryl methyl sites for hydroxylation is 2. The first-order valence-electron chi connectivity index (χ1n) is 8.90. The zero-order valence-electron chi connectivity index (χ0n) is 17.0. The summed E-state index contributed by atoms with van der Waals surface area (Å²) in [7, 11) is 1.48. The number of nitrogens with one attached hydrogen (secondary N) is 1. The molecular weight excluding hydrogens is 359 g/mol. The second kappa shape index (κ2) is 9.21. The first kappa shape index (κ1) is 21.2. The minimum atomic E-state index is -0.513. The van der Waals surface area contributed by atoms with Crippen molar-refractivity contribution < 1.29 is 13.9 Å². The predicted molar refractivity (Wildman–Crippen MR) is 108 cm³/mol. The molecule has 1 aromatic heterocycles. The Balaban J connectivity index is 2.29. The fourth-order valence-electron chi connectivity index (χ4n) is 2.67. The van der Waals surface area contributed by atoms with Crippen LogP contribution in [0.15, 0.2) is 41.0 Å². The van der Waals surface area contributed by atoms with Crippen LogP contribution in [0.1, 0.15) is 48.2 Å². The van der Waals surface area contributed by atoms with Crippen molar-refractivity contribution in [2.75, 3.05) is 7.11 Å². The van der Waals surface area contributed by atoms with Crippen molar-refractivity contribution in [3.05, 3.63) is 64.5 Å². The standard InChI is InChI=1S/C21H25FN4O2/c1-12(2)19(16-8-7-9-17(22)10-16)26-21(28-6)14(4)25-20(27)18-11-23-15(5)24-13(18)3/h7-11,14H,1-6H3,(H,25,27). The van der Waals surface area contributed by atoms with Crippen LogP contribution in [0.25, 0.3) is 5.70 Å². The topological polar surface area (TPSA) is 76.5 Å². The summed E-state index contributed by atoms with van der Waals surface area (Å²) in [6.07, 6.45) is 1.50. The van der Waals surface area contributed by atoms with Crippen LogP contribution in [0.3, 0.4) is 0 Å². The molecule has 2 aromatic rings. The van der Waals surface area contributed by atoms with Crippen molar-refractivity contribution in [1.29, 1.82) is 0 Å². The molecule has 0 radical (unpaired) electrons. The Bertz CT molecular complexity index is 934. The maximum Gasteiger partial charge on any atom is 0.255 e. The summed E-state index contributed by atoms with van der Waals surface area (Å²) in [5.74, 6) is 0.241. The number of hydrogen-bond acceptors (Lipinski definition) is 5. The Labute approximate surface area is 164 Å². The van der Waals surface area contributed by atoms with Crippen molar-refractivity contribution in [1.82, 2.24) is 15.3 Å². The van der Waals surface area contributed by atoms with Crippen molar-refractivity contribution >= 4 is 17.5 Å². The van der Waals surface area contributed by atoms with E-state index in [2.05, 4.69) is 20.3 Å². The van der Waals surface area contributed by atoms with E-state index in [1.807, 2.05) is 13.8 Å². The smallest absolute Gasteiger partial charge is 0.255 e. The summed E-state index contributed by atoms with van der Waals surface area (Å²) in [4.78, 5) is 25.4. The Morgan fingerprint density at radius 3 is 2.57 bits per heavy atom. The summed E-state index contributed by atoms with van der Waals surface area (Å²) < 4.78 is 19.0. The van der Waals surface area contributed by atoms with Gasteiger partial charge in [-0.3, -0.25) is 4.79 Å². The average molecular weight is 384 g/mol. The number of hydrogen-bond donors (Lipinski definition) is 1. The summed E-state index contributed by atoms with van der Waals surface area (Å²) >= 11 is 0. The van der Waals surface area contributed by atoms with Crippen LogP contribution in [-0.2, 0) is 4.74 Å². The van der Waals surface area contributed by atoms with E-state index in [0.717, 1.165) is 5.57 Å². The van der Waals surface area contributed by atoms with Gasteiger partial charge < -0.3 is 10.1 Å². The van der Waals surface area contributed by atoms with Gasteiger partial charge in [0.25, 0.3) is 5.91 Å². The largest absolute Gasteiger partial charge is 0.483 e. The summed E-state index contributed by atoms with van der Waals surface area (Å²) in [5, 5.41) is 2.84. The minimum absolute atomic E-state index is 0.305. The van der Waals surface area contributed by atoms with Crippen LogP contribution in [-0.4, -0.2) is 34.9 Å². The molecule has 0 saturated heterocycles. The van der Waals surface area contributed by atoms with Crippen LogP contribution in [0.2, 0.25) is 0 Å². The van der Waals surface area contributed by atoms with Gasteiger partial charge in [-0.25, -0.2) is 19.4 Å². The van der Waals surface area contributed by atoms with E-state index >= 15 is 0 Å². The van der Waals surface area contributed by atoms with Crippen LogP contribution in [0, 0.1) is 19.7 Å². The lowest BCUT2D eigenvalue weighted by atomic mass is 10.1. The van der Waals surface area contributed by atoms with Crippen LogP contribution < -0.4 is 5.32 Å². The third-order valence-corrected chi connectivity index (χ3v) is 4.07. The predicted octanol–water partition coefficient (Wildman–Crippen LogP) is 3.85. The number of benzene rings is 1. The number of rotatable bonds is 5. The lowest BCUT2D eigenvalue weighted by Crippen LogP contribution is -2.39. The molecule has 1 unspecified atom stereocenters. The SMILES string of the molecule is COC(=NC(=C(C)C)c1cccc(F)c1)C(C)NC(=O)c1cnc(C)nc1C. The number of aliphatic imine (C=N–C) groups is 1. The molecule has 1 N–H and O–H groups in total. The van der Waals surface area contributed by atoms with E-state index in [-0.39, 0.29) is 11.7 Å². The zero-order valence-corrected chi connectivity index (χ0v) is 17.0. The second-order valence-electron chi connectivity index (χ2n) is 6.62. The quantitative estimate of drug-likeness (QED) is 0.628. The fourth-order valence-corrected chi connectivity index (χ4v) is 2.67. The number of methoxy groups -OCH3 is 1. The molecular formula is C21H25FN4O2. The van der Waals surface area contributed by atoms with Gasteiger partial charge in [-0.2, -0.15) is 0 Å². The van der Waals surface area contributed by atoms with E-state index in [4.69, 9.17) is 4.74 Å². The number of nitrogens with zero attached hydrogens (tertiary/aromatic N) is 3. The monoisotopic (exact) mass is 384 g/mol. The first-order valence-corrected chi connectivity index (χ1v) is 8.90. The molecule has 1 amide bonds. The minimum Gasteiger partial charge on any atom is -0.483 e. The highest BCUT2D eigenvalue weighted by Gasteiger charge is 2.19. The molecule has 0 fully saturated rings. The Morgan fingerprint density at radius 2 is 2.00 bits per heavy atom. The number of carbonyl (C=O) groups is 1. The second-order valence-corrected chi connectivity index (χ2v) is 6.62. The highest BCUT2D eigenvalue weighted by atomic mass is 19.1. The van der Waals surface area contributed by atoms with E-state index < -0.39 is 6.04 Å². The van der Waals surface area contributed by atoms with E-state index in [1.54, 1.807) is 32.9 Å². The molecule has 6 nitrogen and oxygen atoms in total. The molecule has 7 heteroatoms. The van der Waals surface area contributed by atoms with Gasteiger partial charge in [-0.15, -0.1) is 0 Å². The first-order chi connectivity index (χ1) is 13.2. The van der Waals surface area contributed by atoms with Crippen molar-refractivity contribution in [2.45, 2.75) is 40.7 Å². The molecule has 1 atom stereocenters. The molecule has 0 aliphatic rings. The number of aromatic nitrogens is 2. The van der Waals surface area contributed by atoms with Crippen LogP contribution >= 0.6 is 0 Å². The van der Waals surface area contributed by atoms with Gasteiger partial charge in [-0.1, -0.05) is 12.1 Å². The highest BCUT2D eigenvalue weighted by molar-refractivity contribution is 5.98. The van der Waals surface area contributed by atoms with Crippen molar-refractivity contribution in [2.24, 2.45) is 4.99 Å². The van der Waals surface area contributed by atoms with Crippen molar-refractivity contribution in [3.63, 3.8) is 0 Å². The van der Waals surface area contributed by atoms with Gasteiger partial charge in [0.2, 0.25) is 5.90 Å². The molecule has 1 heterocycles. The van der Waals surface area contributed by atoms with Gasteiger partial charge in [-0.05, 0) is 52.3 Å². The number of carbonyl (C=O) groups excluding carboxylic acids is 1. The van der Waals surface area contributed by atoms with Gasteiger partial charge in [0.1, 0.15) is 17.7 Å². The number of halogens is 1. The average Bonchev–Trinajstić information content (AvgIpc) is 2.61. The maximum absolute atomic E-state index is 13.6. The molecule has 148 valence electrons. The van der Waals surface area contributed by atoms with E-state index in [0.29, 0.717) is 34.2 Å². The van der Waals surface area contributed by atoms with Gasteiger partial charge in [0, 0.05) is 11.8 Å². The summed E-state index contributed by atoms with van der Waals surface area (Å²) in [5.41, 5.74) is 3.10. The molecule has 28 heavy (non-hydrogen) atoms. The number of amides is 1. The van der Waals surface area contributed by atoms with Gasteiger partial charge in [0.05, 0.1) is 24.1 Å². The Kier molecular flexibility index (Phi) is 6.98. The molecule has 0 bridgehead atoms.